The van der Waals surface area contributed by atoms with Gasteiger partial charge in [-0.25, -0.2) is 0 Å². The minimum atomic E-state index is -0.101. The smallest absolute Gasteiger partial charge is 0.263 e. The SMILES string of the molecule is CCC(CC)(CNC(=O)c1sc2cccnc2c1N)SC. The lowest BCUT2D eigenvalue weighted by Gasteiger charge is -2.29. The number of hydrogen-bond acceptors (Lipinski definition) is 5. The van der Waals surface area contributed by atoms with E-state index < -0.39 is 0 Å². The molecule has 0 aromatic carbocycles. The molecule has 0 aliphatic rings. The van der Waals surface area contributed by atoms with Crippen LogP contribution in [0.25, 0.3) is 10.2 Å². The summed E-state index contributed by atoms with van der Waals surface area (Å²) in [5, 5.41) is 3.04. The maximum Gasteiger partial charge on any atom is 0.263 e. The Balaban J connectivity index is 2.17. The van der Waals surface area contributed by atoms with Gasteiger partial charge >= 0.3 is 0 Å². The number of fused-ring (bicyclic) bond motifs is 1. The molecule has 1 amide bonds. The minimum absolute atomic E-state index is 0.0966. The summed E-state index contributed by atoms with van der Waals surface area (Å²) in [5.41, 5.74) is 7.26. The maximum atomic E-state index is 12.4. The molecule has 0 spiro atoms. The van der Waals surface area contributed by atoms with Gasteiger partial charge in [0.15, 0.2) is 0 Å². The van der Waals surface area contributed by atoms with E-state index in [4.69, 9.17) is 5.73 Å². The number of hydrogen-bond donors (Lipinski definition) is 2. The first-order valence-corrected chi connectivity index (χ1v) is 9.07. The number of amides is 1. The summed E-state index contributed by atoms with van der Waals surface area (Å²) in [6.45, 7) is 4.97. The fraction of sp³-hybridized carbons (Fsp3) is 0.467. The third-order valence-corrected chi connectivity index (χ3v) is 6.73. The van der Waals surface area contributed by atoms with Crippen LogP contribution in [0.15, 0.2) is 18.3 Å². The fourth-order valence-electron chi connectivity index (χ4n) is 2.30. The van der Waals surface area contributed by atoms with E-state index in [0.29, 0.717) is 17.1 Å². The first kappa shape index (κ1) is 16.1. The topological polar surface area (TPSA) is 68.0 Å². The van der Waals surface area contributed by atoms with Crippen LogP contribution in [0.5, 0.6) is 0 Å². The van der Waals surface area contributed by atoms with E-state index in [1.54, 1.807) is 6.20 Å². The van der Waals surface area contributed by atoms with Crippen molar-refractivity contribution >= 4 is 44.9 Å². The van der Waals surface area contributed by atoms with Crippen LogP contribution in [-0.2, 0) is 0 Å². The van der Waals surface area contributed by atoms with E-state index in [2.05, 4.69) is 30.4 Å². The first-order chi connectivity index (χ1) is 10.1. The summed E-state index contributed by atoms with van der Waals surface area (Å²) in [6, 6.07) is 3.79. The molecular weight excluding hydrogens is 302 g/mol. The average Bonchev–Trinajstić information content (AvgIpc) is 2.87. The number of nitrogens with two attached hydrogens (primary N) is 1. The molecule has 0 bridgehead atoms. The number of nitrogen functional groups attached to an aromatic ring is 1. The molecule has 0 aliphatic heterocycles. The van der Waals surface area contributed by atoms with E-state index in [1.807, 2.05) is 23.9 Å². The summed E-state index contributed by atoms with van der Waals surface area (Å²) >= 11 is 3.21. The molecule has 2 rings (SSSR count). The van der Waals surface area contributed by atoms with Gasteiger partial charge in [-0.15, -0.1) is 11.3 Å². The van der Waals surface area contributed by atoms with Crippen molar-refractivity contribution in [3.63, 3.8) is 0 Å². The molecular formula is C15H21N3OS2. The monoisotopic (exact) mass is 323 g/mol. The third-order valence-electron chi connectivity index (χ3n) is 3.98. The molecule has 3 N–H and O–H groups in total. The largest absolute Gasteiger partial charge is 0.396 e. The lowest BCUT2D eigenvalue weighted by atomic mass is 10.0. The molecule has 4 nitrogen and oxygen atoms in total. The Kier molecular flexibility index (Phi) is 5.11. The molecule has 0 atom stereocenters. The van der Waals surface area contributed by atoms with E-state index in [0.717, 1.165) is 23.1 Å². The van der Waals surface area contributed by atoms with Crippen molar-refractivity contribution < 1.29 is 4.79 Å². The molecule has 114 valence electrons. The normalized spacial score (nSPS) is 11.8. The van der Waals surface area contributed by atoms with Gasteiger partial charge < -0.3 is 11.1 Å². The third kappa shape index (κ3) is 3.16. The minimum Gasteiger partial charge on any atom is -0.396 e. The van der Waals surface area contributed by atoms with Crippen molar-refractivity contribution in [3.8, 4) is 0 Å². The van der Waals surface area contributed by atoms with Crippen molar-refractivity contribution in [1.82, 2.24) is 10.3 Å². The number of aromatic nitrogens is 1. The van der Waals surface area contributed by atoms with Crippen molar-refractivity contribution in [1.29, 1.82) is 0 Å². The van der Waals surface area contributed by atoms with Crippen molar-refractivity contribution in [2.45, 2.75) is 31.4 Å². The van der Waals surface area contributed by atoms with Crippen LogP contribution in [0.2, 0.25) is 0 Å². The van der Waals surface area contributed by atoms with E-state index >= 15 is 0 Å². The summed E-state index contributed by atoms with van der Waals surface area (Å²) in [7, 11) is 0. The maximum absolute atomic E-state index is 12.4. The van der Waals surface area contributed by atoms with Crippen molar-refractivity contribution in [2.24, 2.45) is 0 Å². The number of carbonyl (C=O) groups excluding carboxylic acids is 1. The Morgan fingerprint density at radius 1 is 1.48 bits per heavy atom. The van der Waals surface area contributed by atoms with E-state index in [1.165, 1.54) is 11.3 Å². The van der Waals surface area contributed by atoms with Crippen LogP contribution < -0.4 is 11.1 Å². The van der Waals surface area contributed by atoms with E-state index in [9.17, 15) is 4.79 Å². The van der Waals surface area contributed by atoms with Gasteiger partial charge in [0.2, 0.25) is 0 Å². The molecule has 0 fully saturated rings. The molecule has 0 saturated heterocycles. The van der Waals surface area contributed by atoms with Crippen molar-refractivity contribution in [2.75, 3.05) is 18.5 Å². The highest BCUT2D eigenvalue weighted by molar-refractivity contribution is 8.00. The second-order valence-corrected chi connectivity index (χ2v) is 7.30. The van der Waals surface area contributed by atoms with Crippen LogP contribution >= 0.6 is 23.1 Å². The summed E-state index contributed by atoms with van der Waals surface area (Å²) < 4.78 is 1.04. The highest BCUT2D eigenvalue weighted by atomic mass is 32.2. The van der Waals surface area contributed by atoms with Gasteiger partial charge in [-0.05, 0) is 31.2 Å². The Morgan fingerprint density at radius 3 is 2.76 bits per heavy atom. The molecule has 0 saturated carbocycles. The Bertz CT molecular complexity index is 627. The Morgan fingerprint density at radius 2 is 2.19 bits per heavy atom. The number of nitrogens with one attached hydrogen (secondary N) is 1. The van der Waals surface area contributed by atoms with Gasteiger partial charge in [0.1, 0.15) is 10.4 Å². The van der Waals surface area contributed by atoms with Crippen LogP contribution in [0.1, 0.15) is 36.4 Å². The molecule has 2 aromatic heterocycles. The average molecular weight is 323 g/mol. The number of thioether (sulfide) groups is 1. The molecule has 21 heavy (non-hydrogen) atoms. The lowest BCUT2D eigenvalue weighted by Crippen LogP contribution is -2.39. The van der Waals surface area contributed by atoms with Crippen LogP contribution in [0.3, 0.4) is 0 Å². The Hall–Kier alpha value is -1.27. The standard InChI is InChI=1S/C15H21N3OS2/c1-4-15(5-2,20-3)9-18-14(19)13-11(16)12-10(21-13)7-6-8-17-12/h6-8H,4-5,9,16H2,1-3H3,(H,18,19). The zero-order valence-electron chi connectivity index (χ0n) is 12.6. The predicted octanol–water partition coefficient (Wildman–Crippen LogP) is 3.53. The van der Waals surface area contributed by atoms with Gasteiger partial charge in [0.05, 0.1) is 10.4 Å². The Labute approximate surface area is 133 Å². The molecule has 0 radical (unpaired) electrons. The van der Waals surface area contributed by atoms with Crippen LogP contribution in [0.4, 0.5) is 5.69 Å². The summed E-state index contributed by atoms with van der Waals surface area (Å²) in [4.78, 5) is 17.2. The van der Waals surface area contributed by atoms with Gasteiger partial charge in [-0.2, -0.15) is 11.8 Å². The van der Waals surface area contributed by atoms with Gasteiger partial charge in [0, 0.05) is 17.5 Å². The van der Waals surface area contributed by atoms with E-state index in [-0.39, 0.29) is 10.7 Å². The van der Waals surface area contributed by atoms with Gasteiger partial charge in [-0.1, -0.05) is 13.8 Å². The number of carbonyl (C=O) groups is 1. The number of pyridine rings is 1. The number of rotatable bonds is 6. The molecule has 2 heterocycles. The van der Waals surface area contributed by atoms with Crippen LogP contribution in [-0.4, -0.2) is 28.4 Å². The number of nitrogens with zero attached hydrogens (tertiary/aromatic N) is 1. The van der Waals surface area contributed by atoms with Gasteiger partial charge in [-0.3, -0.25) is 9.78 Å². The quantitative estimate of drug-likeness (QED) is 0.853. The number of anilines is 1. The second kappa shape index (κ2) is 6.66. The summed E-state index contributed by atoms with van der Waals surface area (Å²) in [6.07, 6.45) is 5.83. The fourth-order valence-corrected chi connectivity index (χ4v) is 4.09. The zero-order chi connectivity index (χ0) is 15.5. The predicted molar refractivity (Wildman–Crippen MR) is 93.2 cm³/mol. The molecule has 6 heteroatoms. The highest BCUT2D eigenvalue weighted by Gasteiger charge is 2.26. The lowest BCUT2D eigenvalue weighted by molar-refractivity contribution is 0.0954. The molecule has 2 aromatic rings. The van der Waals surface area contributed by atoms with Crippen molar-refractivity contribution in [3.05, 3.63) is 23.2 Å². The molecule has 0 aliphatic carbocycles. The number of thiophene rings is 1. The zero-order valence-corrected chi connectivity index (χ0v) is 14.2. The summed E-state index contributed by atoms with van der Waals surface area (Å²) in [5.74, 6) is -0.101. The highest BCUT2D eigenvalue weighted by Crippen LogP contribution is 2.33. The second-order valence-electron chi connectivity index (χ2n) is 4.97. The van der Waals surface area contributed by atoms with Gasteiger partial charge in [0.25, 0.3) is 5.91 Å². The first-order valence-electron chi connectivity index (χ1n) is 7.03. The molecule has 0 unspecified atom stereocenters. The van der Waals surface area contributed by atoms with Crippen LogP contribution in [0, 0.1) is 0 Å².